The van der Waals surface area contributed by atoms with Crippen molar-refractivity contribution in [2.75, 3.05) is 19.7 Å². The lowest BCUT2D eigenvalue weighted by Gasteiger charge is -2.32. The first-order valence-corrected chi connectivity index (χ1v) is 9.80. The summed E-state index contributed by atoms with van der Waals surface area (Å²) in [4.78, 5) is 30.5. The minimum Gasteiger partial charge on any atom is -0.493 e. The highest BCUT2D eigenvalue weighted by atomic mass is 16.5. The number of nitrogens with zero attached hydrogens (tertiary/aromatic N) is 2. The molecule has 1 N–H and O–H groups in total. The number of hydrogen-bond donors (Lipinski definition) is 1. The minimum absolute atomic E-state index is 0.0983. The third-order valence-electron chi connectivity index (χ3n) is 4.99. The SMILES string of the molecule is Cc1ccccc1OCCCC(=O)N1CCC(NC(=O)c2cccnc2)CC1. The lowest BCUT2D eigenvalue weighted by atomic mass is 10.0. The quantitative estimate of drug-likeness (QED) is 0.749. The second kappa shape index (κ2) is 9.88. The molecule has 2 amide bonds. The summed E-state index contributed by atoms with van der Waals surface area (Å²) in [7, 11) is 0. The van der Waals surface area contributed by atoms with E-state index >= 15 is 0 Å². The van der Waals surface area contributed by atoms with E-state index in [4.69, 9.17) is 4.74 Å². The van der Waals surface area contributed by atoms with Gasteiger partial charge in [0.15, 0.2) is 0 Å². The van der Waals surface area contributed by atoms with Gasteiger partial charge in [0.2, 0.25) is 5.91 Å². The van der Waals surface area contributed by atoms with Gasteiger partial charge < -0.3 is 15.0 Å². The number of carbonyl (C=O) groups is 2. The number of rotatable bonds is 7. The molecule has 1 saturated heterocycles. The van der Waals surface area contributed by atoms with Crippen molar-refractivity contribution < 1.29 is 14.3 Å². The highest BCUT2D eigenvalue weighted by Gasteiger charge is 2.23. The number of amides is 2. The van der Waals surface area contributed by atoms with E-state index in [2.05, 4.69) is 10.3 Å². The van der Waals surface area contributed by atoms with Gasteiger partial charge in [-0.05, 0) is 49.9 Å². The zero-order valence-electron chi connectivity index (χ0n) is 16.3. The van der Waals surface area contributed by atoms with Crippen LogP contribution in [0.3, 0.4) is 0 Å². The van der Waals surface area contributed by atoms with Crippen molar-refractivity contribution in [1.82, 2.24) is 15.2 Å². The van der Waals surface area contributed by atoms with E-state index in [1.54, 1.807) is 24.5 Å². The molecule has 0 saturated carbocycles. The number of aromatic nitrogens is 1. The molecular weight excluding hydrogens is 354 g/mol. The van der Waals surface area contributed by atoms with Gasteiger partial charge in [-0.2, -0.15) is 0 Å². The van der Waals surface area contributed by atoms with E-state index < -0.39 is 0 Å². The molecule has 0 radical (unpaired) electrons. The number of para-hydroxylation sites is 1. The molecule has 3 rings (SSSR count). The number of nitrogens with one attached hydrogen (secondary N) is 1. The van der Waals surface area contributed by atoms with E-state index in [0.29, 0.717) is 38.1 Å². The number of carbonyl (C=O) groups excluding carboxylic acids is 2. The van der Waals surface area contributed by atoms with Crippen molar-refractivity contribution in [2.45, 2.75) is 38.6 Å². The van der Waals surface area contributed by atoms with Crippen molar-refractivity contribution >= 4 is 11.8 Å². The van der Waals surface area contributed by atoms with Crippen LogP contribution in [0.2, 0.25) is 0 Å². The molecule has 0 spiro atoms. The fraction of sp³-hybridized carbons (Fsp3) is 0.409. The maximum Gasteiger partial charge on any atom is 0.253 e. The molecule has 1 aliphatic rings. The Balaban J connectivity index is 1.34. The normalized spacial score (nSPS) is 14.5. The zero-order valence-corrected chi connectivity index (χ0v) is 16.3. The maximum atomic E-state index is 12.4. The van der Waals surface area contributed by atoms with Crippen LogP contribution in [0.4, 0.5) is 0 Å². The molecule has 0 unspecified atom stereocenters. The second-order valence-electron chi connectivity index (χ2n) is 7.09. The van der Waals surface area contributed by atoms with Gasteiger partial charge in [0.05, 0.1) is 12.2 Å². The van der Waals surface area contributed by atoms with Crippen LogP contribution in [0.5, 0.6) is 5.75 Å². The standard InChI is InChI=1S/C22H27N3O3/c1-17-6-2-3-8-20(17)28-15-5-9-21(26)25-13-10-19(11-14-25)24-22(27)18-7-4-12-23-16-18/h2-4,6-8,12,16,19H,5,9-11,13-15H2,1H3,(H,24,27). The topological polar surface area (TPSA) is 71.5 Å². The Hall–Kier alpha value is -2.89. The molecule has 2 aromatic rings. The van der Waals surface area contributed by atoms with Crippen LogP contribution in [0.1, 0.15) is 41.6 Å². The summed E-state index contributed by atoms with van der Waals surface area (Å²) >= 11 is 0. The molecular formula is C22H27N3O3. The van der Waals surface area contributed by atoms with Gasteiger partial charge >= 0.3 is 0 Å². The molecule has 2 heterocycles. The average Bonchev–Trinajstić information content (AvgIpc) is 2.73. The zero-order chi connectivity index (χ0) is 19.8. The number of hydrogen-bond acceptors (Lipinski definition) is 4. The molecule has 0 aliphatic carbocycles. The maximum absolute atomic E-state index is 12.4. The largest absolute Gasteiger partial charge is 0.493 e. The monoisotopic (exact) mass is 381 g/mol. The molecule has 28 heavy (non-hydrogen) atoms. The number of benzene rings is 1. The van der Waals surface area contributed by atoms with Crippen molar-refractivity contribution in [2.24, 2.45) is 0 Å². The van der Waals surface area contributed by atoms with Crippen molar-refractivity contribution in [3.8, 4) is 5.75 Å². The Bertz CT molecular complexity index is 787. The predicted octanol–water partition coefficient (Wildman–Crippen LogP) is 2.97. The van der Waals surface area contributed by atoms with Crippen LogP contribution in [0.15, 0.2) is 48.8 Å². The van der Waals surface area contributed by atoms with E-state index in [-0.39, 0.29) is 17.9 Å². The van der Waals surface area contributed by atoms with Gasteiger partial charge in [0.25, 0.3) is 5.91 Å². The van der Waals surface area contributed by atoms with Gasteiger partial charge in [0.1, 0.15) is 5.75 Å². The van der Waals surface area contributed by atoms with Gasteiger partial charge in [-0.25, -0.2) is 0 Å². The van der Waals surface area contributed by atoms with Crippen LogP contribution in [0.25, 0.3) is 0 Å². The number of aryl methyl sites for hydroxylation is 1. The van der Waals surface area contributed by atoms with Gasteiger partial charge in [-0.15, -0.1) is 0 Å². The molecule has 1 fully saturated rings. The highest BCUT2D eigenvalue weighted by Crippen LogP contribution is 2.17. The molecule has 0 bridgehead atoms. The van der Waals surface area contributed by atoms with Gasteiger partial charge in [0, 0.05) is 37.9 Å². The summed E-state index contributed by atoms with van der Waals surface area (Å²) in [5.74, 6) is 0.928. The van der Waals surface area contributed by atoms with Crippen molar-refractivity contribution in [1.29, 1.82) is 0 Å². The third kappa shape index (κ3) is 5.55. The Morgan fingerprint density at radius 1 is 1.18 bits per heavy atom. The average molecular weight is 381 g/mol. The third-order valence-corrected chi connectivity index (χ3v) is 4.99. The first-order valence-electron chi connectivity index (χ1n) is 9.80. The fourth-order valence-corrected chi connectivity index (χ4v) is 3.32. The van der Waals surface area contributed by atoms with Gasteiger partial charge in [-0.3, -0.25) is 14.6 Å². The van der Waals surface area contributed by atoms with Crippen LogP contribution >= 0.6 is 0 Å². The smallest absolute Gasteiger partial charge is 0.253 e. The number of ether oxygens (including phenoxy) is 1. The van der Waals surface area contributed by atoms with Crippen LogP contribution in [0, 0.1) is 6.92 Å². The summed E-state index contributed by atoms with van der Waals surface area (Å²) in [5.41, 5.74) is 1.67. The molecule has 1 aromatic carbocycles. The van der Waals surface area contributed by atoms with Crippen LogP contribution in [-0.2, 0) is 4.79 Å². The summed E-state index contributed by atoms with van der Waals surface area (Å²) in [6.45, 7) is 3.90. The van der Waals surface area contributed by atoms with E-state index in [0.717, 1.165) is 24.2 Å². The minimum atomic E-state index is -0.105. The van der Waals surface area contributed by atoms with E-state index in [1.807, 2.05) is 36.1 Å². The van der Waals surface area contributed by atoms with E-state index in [1.165, 1.54) is 0 Å². The molecule has 6 nitrogen and oxygen atoms in total. The number of piperidine rings is 1. The van der Waals surface area contributed by atoms with Crippen molar-refractivity contribution in [3.63, 3.8) is 0 Å². The lowest BCUT2D eigenvalue weighted by molar-refractivity contribution is -0.132. The highest BCUT2D eigenvalue weighted by molar-refractivity contribution is 5.94. The Kier molecular flexibility index (Phi) is 7.00. The first-order chi connectivity index (χ1) is 13.6. The van der Waals surface area contributed by atoms with Crippen LogP contribution < -0.4 is 10.1 Å². The lowest BCUT2D eigenvalue weighted by Crippen LogP contribution is -2.46. The molecule has 1 aliphatic heterocycles. The van der Waals surface area contributed by atoms with Gasteiger partial charge in [-0.1, -0.05) is 18.2 Å². The first kappa shape index (κ1) is 19.9. The van der Waals surface area contributed by atoms with E-state index in [9.17, 15) is 9.59 Å². The Morgan fingerprint density at radius 2 is 1.96 bits per heavy atom. The Morgan fingerprint density at radius 3 is 2.68 bits per heavy atom. The summed E-state index contributed by atoms with van der Waals surface area (Å²) in [6, 6.07) is 11.5. The Labute approximate surface area is 165 Å². The molecule has 6 heteroatoms. The van der Waals surface area contributed by atoms with Crippen LogP contribution in [-0.4, -0.2) is 47.4 Å². The second-order valence-corrected chi connectivity index (χ2v) is 7.09. The summed E-state index contributed by atoms with van der Waals surface area (Å²) < 4.78 is 5.75. The fourth-order valence-electron chi connectivity index (χ4n) is 3.32. The number of pyridine rings is 1. The van der Waals surface area contributed by atoms with Crippen molar-refractivity contribution in [3.05, 3.63) is 59.9 Å². The summed E-state index contributed by atoms with van der Waals surface area (Å²) in [6.07, 6.45) is 5.94. The molecule has 148 valence electrons. The summed E-state index contributed by atoms with van der Waals surface area (Å²) in [5, 5.41) is 3.03. The molecule has 1 aromatic heterocycles. The molecule has 0 atom stereocenters. The number of likely N-dealkylation sites (tertiary alicyclic amines) is 1. The predicted molar refractivity (Wildman–Crippen MR) is 107 cm³/mol.